The Hall–Kier alpha value is -1.07. The minimum atomic E-state index is -4.38. The molecule has 0 amide bonds. The van der Waals surface area contributed by atoms with Gasteiger partial charge >= 0.3 is 6.18 Å². The normalized spacial score (nSPS) is 15.6. The van der Waals surface area contributed by atoms with Crippen LogP contribution in [0.4, 0.5) is 13.2 Å². The van der Waals surface area contributed by atoms with E-state index in [-0.39, 0.29) is 0 Å². The van der Waals surface area contributed by atoms with Crippen LogP contribution in [0.5, 0.6) is 0 Å². The van der Waals surface area contributed by atoms with Gasteiger partial charge in [-0.15, -0.1) is 0 Å². The highest BCUT2D eigenvalue weighted by atomic mass is 19.4. The maximum Gasteiger partial charge on any atom is 0.416 e. The van der Waals surface area contributed by atoms with Gasteiger partial charge in [0.05, 0.1) is 17.7 Å². The highest BCUT2D eigenvalue weighted by Crippen LogP contribution is 2.31. The fourth-order valence-corrected chi connectivity index (χ4v) is 1.62. The summed E-state index contributed by atoms with van der Waals surface area (Å²) in [4.78, 5) is 0. The molecule has 0 aliphatic carbocycles. The van der Waals surface area contributed by atoms with E-state index in [1.54, 1.807) is 0 Å². The fraction of sp³-hybridized carbons (Fsp3) is 0.500. The first kappa shape index (κ1) is 14.0. The zero-order valence-corrected chi connectivity index (χ0v) is 9.54. The van der Waals surface area contributed by atoms with Crippen LogP contribution in [0, 0.1) is 0 Å². The molecule has 17 heavy (non-hydrogen) atoms. The van der Waals surface area contributed by atoms with E-state index in [1.165, 1.54) is 12.1 Å². The summed E-state index contributed by atoms with van der Waals surface area (Å²) in [7, 11) is 0. The van der Waals surface area contributed by atoms with Gasteiger partial charge in [-0.2, -0.15) is 13.2 Å². The Morgan fingerprint density at radius 1 is 1.35 bits per heavy atom. The van der Waals surface area contributed by atoms with Crippen molar-refractivity contribution in [3.8, 4) is 0 Å². The Labute approximate surface area is 98.3 Å². The van der Waals surface area contributed by atoms with Crippen LogP contribution in [-0.2, 0) is 6.18 Å². The van der Waals surface area contributed by atoms with Crippen molar-refractivity contribution in [2.45, 2.75) is 38.1 Å². The maximum absolute atomic E-state index is 12.5. The van der Waals surface area contributed by atoms with Crippen LogP contribution in [0.1, 0.15) is 36.9 Å². The van der Waals surface area contributed by atoms with Crippen LogP contribution in [0.25, 0.3) is 0 Å². The second kappa shape index (κ2) is 5.51. The molecule has 1 rings (SSSR count). The first-order chi connectivity index (χ1) is 7.86. The summed E-state index contributed by atoms with van der Waals surface area (Å²) in [6.45, 7) is 1.88. The largest absolute Gasteiger partial charge is 0.416 e. The average Bonchev–Trinajstić information content (AvgIpc) is 2.27. The van der Waals surface area contributed by atoms with Gasteiger partial charge < -0.3 is 10.8 Å². The lowest BCUT2D eigenvalue weighted by atomic mass is 9.97. The molecule has 0 aliphatic heterocycles. The third-order valence-corrected chi connectivity index (χ3v) is 2.60. The SMILES string of the molecule is CCC[C@@H](O)[C@@H](N)c1cccc(C(F)(F)F)c1. The lowest BCUT2D eigenvalue weighted by Crippen LogP contribution is -2.26. The van der Waals surface area contributed by atoms with Crippen LogP contribution in [0.15, 0.2) is 24.3 Å². The second-order valence-electron chi connectivity index (χ2n) is 4.01. The Kier molecular flexibility index (Phi) is 4.54. The van der Waals surface area contributed by atoms with Crippen molar-refractivity contribution >= 4 is 0 Å². The molecule has 3 N–H and O–H groups in total. The molecule has 2 atom stereocenters. The summed E-state index contributed by atoms with van der Waals surface area (Å²) in [6, 6.07) is 4.00. The lowest BCUT2D eigenvalue weighted by molar-refractivity contribution is -0.137. The van der Waals surface area contributed by atoms with E-state index in [0.29, 0.717) is 12.0 Å². The molecule has 0 radical (unpaired) electrons. The molecule has 0 saturated carbocycles. The van der Waals surface area contributed by atoms with E-state index >= 15 is 0 Å². The van der Waals surface area contributed by atoms with E-state index < -0.39 is 23.9 Å². The molecule has 2 nitrogen and oxygen atoms in total. The van der Waals surface area contributed by atoms with Crippen molar-refractivity contribution in [2.75, 3.05) is 0 Å². The zero-order valence-electron chi connectivity index (χ0n) is 9.54. The highest BCUT2D eigenvalue weighted by molar-refractivity contribution is 5.28. The number of halogens is 3. The Morgan fingerprint density at radius 3 is 2.53 bits per heavy atom. The predicted octanol–water partition coefficient (Wildman–Crippen LogP) is 2.87. The molecule has 0 saturated heterocycles. The van der Waals surface area contributed by atoms with Gasteiger partial charge in [0, 0.05) is 0 Å². The highest BCUT2D eigenvalue weighted by Gasteiger charge is 2.31. The zero-order chi connectivity index (χ0) is 13.1. The molecule has 5 heteroatoms. The van der Waals surface area contributed by atoms with Gasteiger partial charge in [0.15, 0.2) is 0 Å². The Morgan fingerprint density at radius 2 is 2.00 bits per heavy atom. The number of hydrogen-bond donors (Lipinski definition) is 2. The summed E-state index contributed by atoms with van der Waals surface area (Å²) in [5.41, 5.74) is 5.28. The van der Waals surface area contributed by atoms with Gasteiger partial charge in [-0.05, 0) is 24.1 Å². The molecule has 0 bridgehead atoms. The molecular formula is C12H16F3NO. The first-order valence-corrected chi connectivity index (χ1v) is 5.47. The first-order valence-electron chi connectivity index (χ1n) is 5.47. The van der Waals surface area contributed by atoms with Crippen molar-refractivity contribution in [3.05, 3.63) is 35.4 Å². The molecule has 0 spiro atoms. The van der Waals surface area contributed by atoms with Crippen molar-refractivity contribution in [1.29, 1.82) is 0 Å². The van der Waals surface area contributed by atoms with Crippen molar-refractivity contribution < 1.29 is 18.3 Å². The molecular weight excluding hydrogens is 231 g/mol. The predicted molar refractivity (Wildman–Crippen MR) is 59.3 cm³/mol. The smallest absolute Gasteiger partial charge is 0.391 e. The number of rotatable bonds is 4. The molecule has 0 fully saturated rings. The van der Waals surface area contributed by atoms with Gasteiger partial charge in [0.25, 0.3) is 0 Å². The average molecular weight is 247 g/mol. The Balaban J connectivity index is 2.92. The number of hydrogen-bond acceptors (Lipinski definition) is 2. The molecule has 0 aromatic heterocycles. The van der Waals surface area contributed by atoms with Crippen molar-refractivity contribution in [1.82, 2.24) is 0 Å². The minimum Gasteiger partial charge on any atom is -0.391 e. The molecule has 1 aromatic rings. The number of benzene rings is 1. The number of nitrogens with two attached hydrogens (primary N) is 1. The van der Waals surface area contributed by atoms with Crippen LogP contribution >= 0.6 is 0 Å². The summed E-state index contributed by atoms with van der Waals surface area (Å²) in [5.74, 6) is 0. The number of aliphatic hydroxyl groups is 1. The van der Waals surface area contributed by atoms with Crippen molar-refractivity contribution in [3.63, 3.8) is 0 Å². The van der Waals surface area contributed by atoms with Gasteiger partial charge in [0.1, 0.15) is 0 Å². The van der Waals surface area contributed by atoms with E-state index in [1.807, 2.05) is 6.92 Å². The number of alkyl halides is 3. The van der Waals surface area contributed by atoms with Gasteiger partial charge in [-0.25, -0.2) is 0 Å². The monoisotopic (exact) mass is 247 g/mol. The third kappa shape index (κ3) is 3.71. The molecule has 0 unspecified atom stereocenters. The molecule has 1 aromatic carbocycles. The molecule has 0 heterocycles. The minimum absolute atomic E-state index is 0.306. The van der Waals surface area contributed by atoms with Gasteiger partial charge in [-0.1, -0.05) is 25.5 Å². The molecule has 0 aliphatic rings. The standard InChI is InChI=1S/C12H16F3NO/c1-2-4-10(17)11(16)8-5-3-6-9(7-8)12(13,14)15/h3,5-7,10-11,17H,2,4,16H2,1H3/t10-,11+/m1/s1. The van der Waals surface area contributed by atoms with Crippen LogP contribution < -0.4 is 5.73 Å². The number of aliphatic hydroxyl groups excluding tert-OH is 1. The summed E-state index contributed by atoms with van der Waals surface area (Å²) >= 11 is 0. The second-order valence-corrected chi connectivity index (χ2v) is 4.01. The summed E-state index contributed by atoms with van der Waals surface area (Å²) in [5, 5.41) is 9.66. The summed E-state index contributed by atoms with van der Waals surface area (Å²) in [6.07, 6.45) is -4.00. The van der Waals surface area contributed by atoms with E-state index in [2.05, 4.69) is 0 Å². The van der Waals surface area contributed by atoms with Crippen molar-refractivity contribution in [2.24, 2.45) is 5.73 Å². The van der Waals surface area contributed by atoms with E-state index in [0.717, 1.165) is 18.6 Å². The lowest BCUT2D eigenvalue weighted by Gasteiger charge is -2.19. The van der Waals surface area contributed by atoms with Gasteiger partial charge in [0.2, 0.25) is 0 Å². The van der Waals surface area contributed by atoms with E-state index in [9.17, 15) is 18.3 Å². The third-order valence-electron chi connectivity index (χ3n) is 2.60. The maximum atomic E-state index is 12.5. The van der Waals surface area contributed by atoms with Crippen LogP contribution in [0.3, 0.4) is 0 Å². The van der Waals surface area contributed by atoms with Gasteiger partial charge in [-0.3, -0.25) is 0 Å². The van der Waals surface area contributed by atoms with E-state index in [4.69, 9.17) is 5.73 Å². The van der Waals surface area contributed by atoms with Crippen LogP contribution in [0.2, 0.25) is 0 Å². The Bertz CT molecular complexity index is 365. The molecule has 96 valence electrons. The topological polar surface area (TPSA) is 46.2 Å². The van der Waals surface area contributed by atoms with Crippen LogP contribution in [-0.4, -0.2) is 11.2 Å². The fourth-order valence-electron chi connectivity index (χ4n) is 1.62. The quantitative estimate of drug-likeness (QED) is 0.859. The summed E-state index contributed by atoms with van der Waals surface area (Å²) < 4.78 is 37.4.